The summed E-state index contributed by atoms with van der Waals surface area (Å²) in [6, 6.07) is 6.06. The molecule has 0 saturated carbocycles. The van der Waals surface area contributed by atoms with Gasteiger partial charge in [0.2, 0.25) is 0 Å². The van der Waals surface area contributed by atoms with E-state index in [0.717, 1.165) is 11.5 Å². The first-order valence-electron chi connectivity index (χ1n) is 6.25. The number of ether oxygens (including phenoxy) is 3. The van der Waals surface area contributed by atoms with Gasteiger partial charge in [0, 0.05) is 7.11 Å². The Balaban J connectivity index is 2.83. The van der Waals surface area contributed by atoms with Gasteiger partial charge < -0.3 is 14.2 Å². The summed E-state index contributed by atoms with van der Waals surface area (Å²) in [4.78, 5) is 0. The normalized spacial score (nSPS) is 11.7. The predicted molar refractivity (Wildman–Crippen MR) is 73.7 cm³/mol. The summed E-state index contributed by atoms with van der Waals surface area (Å²) in [6.45, 7) is 8.78. The molecule has 0 spiro atoms. The Kier molecular flexibility index (Phi) is 5.03. The average molecular weight is 252 g/mol. The van der Waals surface area contributed by atoms with Crippen molar-refractivity contribution < 1.29 is 14.2 Å². The summed E-state index contributed by atoms with van der Waals surface area (Å²) in [5.74, 6) is 2.00. The molecule has 0 heterocycles. The molecule has 1 rings (SSSR count). The van der Waals surface area contributed by atoms with E-state index in [-0.39, 0.29) is 5.60 Å². The van der Waals surface area contributed by atoms with E-state index < -0.39 is 0 Å². The fraction of sp³-hybridized carbons (Fsp3) is 0.600. The molecule has 3 nitrogen and oxygen atoms in total. The zero-order valence-electron chi connectivity index (χ0n) is 12.2. The fourth-order valence-corrected chi connectivity index (χ4v) is 1.47. The van der Waals surface area contributed by atoms with Crippen LogP contribution in [0.3, 0.4) is 0 Å². The molecule has 0 aliphatic rings. The van der Waals surface area contributed by atoms with Gasteiger partial charge >= 0.3 is 0 Å². The van der Waals surface area contributed by atoms with Crippen LogP contribution in [-0.4, -0.2) is 26.4 Å². The minimum Gasteiger partial charge on any atom is -0.493 e. The summed E-state index contributed by atoms with van der Waals surface area (Å²) in [7, 11) is 3.34. The second-order valence-corrected chi connectivity index (χ2v) is 5.32. The van der Waals surface area contributed by atoms with Crippen molar-refractivity contribution in [3.05, 3.63) is 23.8 Å². The highest BCUT2D eigenvalue weighted by Gasteiger charge is 2.18. The number of benzene rings is 1. The lowest BCUT2D eigenvalue weighted by molar-refractivity contribution is -0.0151. The molecule has 0 fully saturated rings. The van der Waals surface area contributed by atoms with E-state index in [0.29, 0.717) is 12.5 Å². The maximum atomic E-state index is 5.77. The van der Waals surface area contributed by atoms with Crippen LogP contribution in [-0.2, 0) is 4.74 Å². The molecule has 0 atom stereocenters. The molecular weight excluding hydrogens is 228 g/mol. The van der Waals surface area contributed by atoms with Gasteiger partial charge in [-0.15, -0.1) is 0 Å². The van der Waals surface area contributed by atoms with Gasteiger partial charge in [0.15, 0.2) is 11.5 Å². The number of hydrogen-bond donors (Lipinski definition) is 0. The van der Waals surface area contributed by atoms with Gasteiger partial charge in [-0.05, 0) is 37.5 Å². The smallest absolute Gasteiger partial charge is 0.161 e. The van der Waals surface area contributed by atoms with Crippen molar-refractivity contribution in [3.63, 3.8) is 0 Å². The molecule has 18 heavy (non-hydrogen) atoms. The zero-order chi connectivity index (χ0) is 13.8. The third-order valence-electron chi connectivity index (χ3n) is 2.98. The van der Waals surface area contributed by atoms with Crippen molar-refractivity contribution in [1.82, 2.24) is 0 Å². The quantitative estimate of drug-likeness (QED) is 0.774. The van der Waals surface area contributed by atoms with Crippen molar-refractivity contribution in [2.75, 3.05) is 20.8 Å². The third kappa shape index (κ3) is 3.91. The van der Waals surface area contributed by atoms with Crippen molar-refractivity contribution in [3.8, 4) is 11.5 Å². The monoisotopic (exact) mass is 252 g/mol. The fourth-order valence-electron chi connectivity index (χ4n) is 1.47. The molecule has 1 aromatic rings. The maximum absolute atomic E-state index is 5.77. The first-order chi connectivity index (χ1) is 8.39. The average Bonchev–Trinajstić information content (AvgIpc) is 2.36. The standard InChI is InChI=1S/C15H24O3/c1-11(2)12-7-8-13(14(9-12)16-5)18-10-15(3,4)17-6/h7-9,11H,10H2,1-6H3. The van der Waals surface area contributed by atoms with Gasteiger partial charge in [-0.3, -0.25) is 0 Å². The van der Waals surface area contributed by atoms with Crippen LogP contribution in [0, 0.1) is 0 Å². The van der Waals surface area contributed by atoms with Crippen LogP contribution in [0.15, 0.2) is 18.2 Å². The van der Waals surface area contributed by atoms with Crippen LogP contribution in [0.4, 0.5) is 0 Å². The third-order valence-corrected chi connectivity index (χ3v) is 2.98. The van der Waals surface area contributed by atoms with Gasteiger partial charge in [0.05, 0.1) is 12.7 Å². The van der Waals surface area contributed by atoms with E-state index in [4.69, 9.17) is 14.2 Å². The number of methoxy groups -OCH3 is 2. The van der Waals surface area contributed by atoms with Crippen molar-refractivity contribution in [1.29, 1.82) is 0 Å². The SMILES string of the molecule is COc1cc(C(C)C)ccc1OCC(C)(C)OC. The minimum absolute atomic E-state index is 0.304. The highest BCUT2D eigenvalue weighted by atomic mass is 16.5. The molecule has 0 unspecified atom stereocenters. The predicted octanol–water partition coefficient (Wildman–Crippen LogP) is 3.62. The highest BCUT2D eigenvalue weighted by Crippen LogP contribution is 2.31. The number of rotatable bonds is 6. The lowest BCUT2D eigenvalue weighted by Gasteiger charge is -2.23. The molecule has 0 aliphatic heterocycles. The molecule has 0 aliphatic carbocycles. The summed E-state index contributed by atoms with van der Waals surface area (Å²) in [6.07, 6.45) is 0. The van der Waals surface area contributed by atoms with E-state index in [1.165, 1.54) is 5.56 Å². The van der Waals surface area contributed by atoms with E-state index in [9.17, 15) is 0 Å². The lowest BCUT2D eigenvalue weighted by Crippen LogP contribution is -2.30. The zero-order valence-corrected chi connectivity index (χ0v) is 12.2. The summed E-state index contributed by atoms with van der Waals surface area (Å²) >= 11 is 0. The molecule has 0 bridgehead atoms. The number of hydrogen-bond acceptors (Lipinski definition) is 3. The van der Waals surface area contributed by atoms with Crippen LogP contribution in [0.1, 0.15) is 39.2 Å². The van der Waals surface area contributed by atoms with E-state index in [1.807, 2.05) is 26.0 Å². The van der Waals surface area contributed by atoms with Crippen LogP contribution < -0.4 is 9.47 Å². The molecule has 0 N–H and O–H groups in total. The topological polar surface area (TPSA) is 27.7 Å². The first-order valence-corrected chi connectivity index (χ1v) is 6.25. The molecule has 0 amide bonds. The summed E-state index contributed by atoms with van der Waals surface area (Å²) < 4.78 is 16.5. The molecule has 0 radical (unpaired) electrons. The second-order valence-electron chi connectivity index (χ2n) is 5.32. The summed E-state index contributed by atoms with van der Waals surface area (Å²) in [5, 5.41) is 0. The van der Waals surface area contributed by atoms with Gasteiger partial charge in [-0.25, -0.2) is 0 Å². The Bertz CT molecular complexity index is 383. The van der Waals surface area contributed by atoms with Gasteiger partial charge in [0.1, 0.15) is 6.61 Å². The van der Waals surface area contributed by atoms with Gasteiger partial charge in [-0.2, -0.15) is 0 Å². The molecule has 3 heteroatoms. The van der Waals surface area contributed by atoms with Crippen molar-refractivity contribution in [2.45, 2.75) is 39.2 Å². The second kappa shape index (κ2) is 6.10. The molecular formula is C15H24O3. The summed E-state index contributed by atoms with van der Waals surface area (Å²) in [5.41, 5.74) is 0.937. The molecule has 1 aromatic carbocycles. The van der Waals surface area contributed by atoms with Crippen LogP contribution in [0.25, 0.3) is 0 Å². The van der Waals surface area contributed by atoms with Crippen molar-refractivity contribution in [2.24, 2.45) is 0 Å². The maximum Gasteiger partial charge on any atom is 0.161 e. The molecule has 0 aromatic heterocycles. The van der Waals surface area contributed by atoms with E-state index in [2.05, 4.69) is 19.9 Å². The van der Waals surface area contributed by atoms with Crippen molar-refractivity contribution >= 4 is 0 Å². The first kappa shape index (κ1) is 14.8. The largest absolute Gasteiger partial charge is 0.493 e. The van der Waals surface area contributed by atoms with E-state index in [1.54, 1.807) is 14.2 Å². The Labute approximate surface area is 110 Å². The Morgan fingerprint density at radius 1 is 1.11 bits per heavy atom. The van der Waals surface area contributed by atoms with Gasteiger partial charge in [-0.1, -0.05) is 19.9 Å². The van der Waals surface area contributed by atoms with E-state index >= 15 is 0 Å². The Morgan fingerprint density at radius 3 is 2.28 bits per heavy atom. The van der Waals surface area contributed by atoms with Crippen LogP contribution in [0.5, 0.6) is 11.5 Å². The Morgan fingerprint density at radius 2 is 1.78 bits per heavy atom. The Hall–Kier alpha value is -1.22. The minimum atomic E-state index is -0.304. The molecule has 0 saturated heterocycles. The van der Waals surface area contributed by atoms with Crippen LogP contribution >= 0.6 is 0 Å². The van der Waals surface area contributed by atoms with Crippen LogP contribution in [0.2, 0.25) is 0 Å². The highest BCUT2D eigenvalue weighted by molar-refractivity contribution is 5.43. The van der Waals surface area contributed by atoms with Gasteiger partial charge in [0.25, 0.3) is 0 Å². The molecule has 102 valence electrons. The lowest BCUT2D eigenvalue weighted by atomic mass is 10.0.